The van der Waals surface area contributed by atoms with Gasteiger partial charge in [0.1, 0.15) is 5.75 Å². The van der Waals surface area contributed by atoms with Gasteiger partial charge < -0.3 is 10.0 Å². The predicted molar refractivity (Wildman–Crippen MR) is 104 cm³/mol. The lowest BCUT2D eigenvalue weighted by atomic mass is 10.0. The van der Waals surface area contributed by atoms with E-state index >= 15 is 0 Å². The van der Waals surface area contributed by atoms with Crippen LogP contribution in [0.1, 0.15) is 27.0 Å². The molecule has 0 atom stereocenters. The van der Waals surface area contributed by atoms with E-state index in [9.17, 15) is 9.90 Å². The SMILES string of the molecule is CN(CCc1ccccc1)C(=O)c1cc(Cc2ccccc2)ccc1O. The highest BCUT2D eigenvalue weighted by Crippen LogP contribution is 2.22. The Morgan fingerprint density at radius 1 is 0.846 bits per heavy atom. The van der Waals surface area contributed by atoms with Crippen LogP contribution in [-0.4, -0.2) is 29.5 Å². The number of benzene rings is 3. The summed E-state index contributed by atoms with van der Waals surface area (Å²) in [6.07, 6.45) is 1.52. The molecule has 0 aliphatic carbocycles. The van der Waals surface area contributed by atoms with Gasteiger partial charge in [-0.05, 0) is 41.7 Å². The maximum atomic E-state index is 12.8. The van der Waals surface area contributed by atoms with E-state index in [-0.39, 0.29) is 11.7 Å². The number of aromatic hydroxyl groups is 1. The minimum Gasteiger partial charge on any atom is -0.507 e. The monoisotopic (exact) mass is 345 g/mol. The molecular weight excluding hydrogens is 322 g/mol. The Morgan fingerprint density at radius 2 is 1.46 bits per heavy atom. The first-order chi connectivity index (χ1) is 12.6. The summed E-state index contributed by atoms with van der Waals surface area (Å²) >= 11 is 0. The molecule has 0 radical (unpaired) electrons. The second-order valence-corrected chi connectivity index (χ2v) is 6.48. The first-order valence-corrected chi connectivity index (χ1v) is 8.78. The third-order valence-corrected chi connectivity index (χ3v) is 4.47. The average molecular weight is 345 g/mol. The predicted octanol–water partition coefficient (Wildman–Crippen LogP) is 4.30. The highest BCUT2D eigenvalue weighted by Gasteiger charge is 2.16. The highest BCUT2D eigenvalue weighted by molar-refractivity contribution is 5.96. The fraction of sp³-hybridized carbons (Fsp3) is 0.174. The molecule has 0 unspecified atom stereocenters. The lowest BCUT2D eigenvalue weighted by Gasteiger charge is -2.18. The molecule has 0 aromatic heterocycles. The topological polar surface area (TPSA) is 40.5 Å². The Hall–Kier alpha value is -3.07. The van der Waals surface area contributed by atoms with E-state index in [2.05, 4.69) is 24.3 Å². The molecule has 3 aromatic carbocycles. The van der Waals surface area contributed by atoms with Crippen LogP contribution in [-0.2, 0) is 12.8 Å². The van der Waals surface area contributed by atoms with Gasteiger partial charge in [-0.3, -0.25) is 4.79 Å². The number of hydrogen-bond acceptors (Lipinski definition) is 2. The number of hydrogen-bond donors (Lipinski definition) is 1. The second-order valence-electron chi connectivity index (χ2n) is 6.48. The lowest BCUT2D eigenvalue weighted by molar-refractivity contribution is 0.0793. The lowest BCUT2D eigenvalue weighted by Crippen LogP contribution is -2.29. The molecule has 1 amide bonds. The maximum Gasteiger partial charge on any atom is 0.257 e. The zero-order chi connectivity index (χ0) is 18.4. The van der Waals surface area contributed by atoms with E-state index in [1.54, 1.807) is 24.1 Å². The molecule has 26 heavy (non-hydrogen) atoms. The van der Waals surface area contributed by atoms with E-state index in [4.69, 9.17) is 0 Å². The molecule has 0 saturated heterocycles. The molecule has 3 rings (SSSR count). The Balaban J connectivity index is 1.70. The van der Waals surface area contributed by atoms with Crippen LogP contribution < -0.4 is 0 Å². The second kappa shape index (κ2) is 8.34. The van der Waals surface area contributed by atoms with Crippen molar-refractivity contribution in [3.8, 4) is 5.75 Å². The summed E-state index contributed by atoms with van der Waals surface area (Å²) in [7, 11) is 1.77. The summed E-state index contributed by atoms with van der Waals surface area (Å²) in [5.74, 6) is -0.133. The van der Waals surface area contributed by atoms with E-state index < -0.39 is 0 Å². The molecule has 0 spiro atoms. The minimum atomic E-state index is -0.159. The Labute approximate surface area is 154 Å². The molecule has 3 aromatic rings. The Kier molecular flexibility index (Phi) is 5.69. The van der Waals surface area contributed by atoms with Gasteiger partial charge in [-0.15, -0.1) is 0 Å². The van der Waals surface area contributed by atoms with E-state index in [1.165, 1.54) is 11.1 Å². The summed E-state index contributed by atoms with van der Waals surface area (Å²) in [5, 5.41) is 10.2. The summed E-state index contributed by atoms with van der Waals surface area (Å²) in [5.41, 5.74) is 3.73. The van der Waals surface area contributed by atoms with Crippen molar-refractivity contribution >= 4 is 5.91 Å². The standard InChI is InChI=1S/C23H23NO2/c1-24(15-14-18-8-4-2-5-9-18)23(26)21-17-20(12-13-22(21)25)16-19-10-6-3-7-11-19/h2-13,17,25H,14-16H2,1H3. The summed E-state index contributed by atoms with van der Waals surface area (Å²) in [4.78, 5) is 14.4. The van der Waals surface area contributed by atoms with Crippen molar-refractivity contribution < 1.29 is 9.90 Å². The van der Waals surface area contributed by atoms with Crippen LogP contribution in [0.2, 0.25) is 0 Å². The van der Waals surface area contributed by atoms with Crippen molar-refractivity contribution in [3.63, 3.8) is 0 Å². The van der Waals surface area contributed by atoms with Crippen molar-refractivity contribution in [1.82, 2.24) is 4.90 Å². The van der Waals surface area contributed by atoms with Gasteiger partial charge in [0, 0.05) is 13.6 Å². The Morgan fingerprint density at radius 3 is 2.12 bits per heavy atom. The fourth-order valence-corrected chi connectivity index (χ4v) is 2.94. The van der Waals surface area contributed by atoms with E-state index in [0.717, 1.165) is 18.4 Å². The van der Waals surface area contributed by atoms with Gasteiger partial charge in [-0.25, -0.2) is 0 Å². The number of phenols is 1. The van der Waals surface area contributed by atoms with Gasteiger partial charge in [0.15, 0.2) is 0 Å². The van der Waals surface area contributed by atoms with Crippen LogP contribution in [0.15, 0.2) is 78.9 Å². The average Bonchev–Trinajstić information content (AvgIpc) is 2.68. The van der Waals surface area contributed by atoms with Gasteiger partial charge in [0.05, 0.1) is 5.56 Å². The quantitative estimate of drug-likeness (QED) is 0.724. The number of carbonyl (C=O) groups is 1. The summed E-state index contributed by atoms with van der Waals surface area (Å²) in [6.45, 7) is 0.602. The zero-order valence-electron chi connectivity index (χ0n) is 14.9. The smallest absolute Gasteiger partial charge is 0.257 e. The van der Waals surface area contributed by atoms with Crippen LogP contribution in [0.4, 0.5) is 0 Å². The molecule has 0 bridgehead atoms. The van der Waals surface area contributed by atoms with Crippen molar-refractivity contribution in [1.29, 1.82) is 0 Å². The minimum absolute atomic E-state index is 0.0263. The number of carbonyl (C=O) groups excluding carboxylic acids is 1. The summed E-state index contributed by atoms with van der Waals surface area (Å²) in [6, 6.07) is 25.4. The number of rotatable bonds is 6. The fourth-order valence-electron chi connectivity index (χ4n) is 2.94. The third-order valence-electron chi connectivity index (χ3n) is 4.47. The van der Waals surface area contributed by atoms with Crippen LogP contribution in [0.25, 0.3) is 0 Å². The zero-order valence-corrected chi connectivity index (χ0v) is 14.9. The van der Waals surface area contributed by atoms with E-state index in [1.807, 2.05) is 42.5 Å². The maximum absolute atomic E-state index is 12.8. The molecule has 0 heterocycles. The summed E-state index contributed by atoms with van der Waals surface area (Å²) < 4.78 is 0. The molecule has 0 fully saturated rings. The van der Waals surface area contributed by atoms with Gasteiger partial charge in [0.2, 0.25) is 0 Å². The normalized spacial score (nSPS) is 10.5. The number of nitrogens with zero attached hydrogens (tertiary/aromatic N) is 1. The van der Waals surface area contributed by atoms with Gasteiger partial charge >= 0.3 is 0 Å². The molecule has 3 heteroatoms. The third kappa shape index (κ3) is 4.51. The van der Waals surface area contributed by atoms with Gasteiger partial charge in [0.25, 0.3) is 5.91 Å². The molecule has 1 N–H and O–H groups in total. The van der Waals surface area contributed by atoms with Crippen molar-refractivity contribution in [2.45, 2.75) is 12.8 Å². The van der Waals surface area contributed by atoms with Crippen molar-refractivity contribution in [2.24, 2.45) is 0 Å². The first-order valence-electron chi connectivity index (χ1n) is 8.78. The van der Waals surface area contributed by atoms with Crippen LogP contribution in [0.5, 0.6) is 5.75 Å². The highest BCUT2D eigenvalue weighted by atomic mass is 16.3. The van der Waals surface area contributed by atoms with Crippen molar-refractivity contribution in [2.75, 3.05) is 13.6 Å². The number of amides is 1. The molecule has 3 nitrogen and oxygen atoms in total. The molecule has 0 saturated carbocycles. The first kappa shape index (κ1) is 17.7. The molecule has 0 aliphatic heterocycles. The van der Waals surface area contributed by atoms with E-state index in [0.29, 0.717) is 12.1 Å². The molecular formula is C23H23NO2. The van der Waals surface area contributed by atoms with Crippen LogP contribution in [0.3, 0.4) is 0 Å². The largest absolute Gasteiger partial charge is 0.507 e. The van der Waals surface area contributed by atoms with Gasteiger partial charge in [-0.2, -0.15) is 0 Å². The Bertz CT molecular complexity index is 860. The van der Waals surface area contributed by atoms with Gasteiger partial charge in [-0.1, -0.05) is 66.7 Å². The van der Waals surface area contributed by atoms with Crippen LogP contribution in [0, 0.1) is 0 Å². The van der Waals surface area contributed by atoms with Crippen molar-refractivity contribution in [3.05, 3.63) is 101 Å². The molecule has 0 aliphatic rings. The number of phenolic OH excluding ortho intramolecular Hbond substituents is 1. The number of likely N-dealkylation sites (N-methyl/N-ethyl adjacent to an activating group) is 1. The van der Waals surface area contributed by atoms with Crippen LogP contribution >= 0.6 is 0 Å². The molecule has 132 valence electrons.